The molecular weight excluding hydrogens is 298 g/mol. The van der Waals surface area contributed by atoms with E-state index in [1.807, 2.05) is 0 Å². The second-order valence-electron chi connectivity index (χ2n) is 7.27. The largest absolute Gasteiger partial charge is 0.480 e. The van der Waals surface area contributed by atoms with Gasteiger partial charge in [-0.05, 0) is 31.6 Å². The molecule has 0 aromatic carbocycles. The normalized spacial score (nSPS) is 30.4. The molecule has 0 spiro atoms. The van der Waals surface area contributed by atoms with Crippen molar-refractivity contribution >= 4 is 17.8 Å². The predicted molar refractivity (Wildman–Crippen MR) is 82.6 cm³/mol. The topological polar surface area (TPSA) is 90.0 Å². The van der Waals surface area contributed by atoms with Gasteiger partial charge in [-0.15, -0.1) is 0 Å². The van der Waals surface area contributed by atoms with Crippen molar-refractivity contribution in [1.29, 1.82) is 0 Å². The minimum Gasteiger partial charge on any atom is -0.480 e. The van der Waals surface area contributed by atoms with E-state index in [1.54, 1.807) is 11.9 Å². The molecule has 2 N–H and O–H groups in total. The van der Waals surface area contributed by atoms with Crippen LogP contribution in [0.15, 0.2) is 0 Å². The van der Waals surface area contributed by atoms with Crippen LogP contribution in [0.3, 0.4) is 0 Å². The lowest BCUT2D eigenvalue weighted by Crippen LogP contribution is -2.56. The van der Waals surface area contributed by atoms with Crippen LogP contribution in [-0.2, 0) is 14.4 Å². The molecule has 128 valence electrons. The SMILES string of the molecule is CN1CC(C(=O)NC2CC(N(CC(=O)O)CC3CC3)C2)CC1=O. The highest BCUT2D eigenvalue weighted by atomic mass is 16.4. The Kier molecular flexibility index (Phi) is 4.57. The van der Waals surface area contributed by atoms with E-state index in [9.17, 15) is 14.4 Å². The summed E-state index contributed by atoms with van der Waals surface area (Å²) in [4.78, 5) is 38.3. The Labute approximate surface area is 136 Å². The number of rotatable bonds is 7. The quantitative estimate of drug-likeness (QED) is 0.683. The van der Waals surface area contributed by atoms with Gasteiger partial charge >= 0.3 is 5.97 Å². The molecule has 0 radical (unpaired) electrons. The Hall–Kier alpha value is -1.63. The summed E-state index contributed by atoms with van der Waals surface area (Å²) >= 11 is 0. The Morgan fingerprint density at radius 2 is 2.04 bits per heavy atom. The van der Waals surface area contributed by atoms with Crippen molar-refractivity contribution < 1.29 is 19.5 Å². The van der Waals surface area contributed by atoms with Crippen molar-refractivity contribution in [2.24, 2.45) is 11.8 Å². The zero-order chi connectivity index (χ0) is 16.6. The summed E-state index contributed by atoms with van der Waals surface area (Å²) in [5, 5.41) is 12.1. The number of hydrogen-bond acceptors (Lipinski definition) is 4. The molecule has 3 fully saturated rings. The van der Waals surface area contributed by atoms with Gasteiger partial charge in [0, 0.05) is 38.6 Å². The van der Waals surface area contributed by atoms with Gasteiger partial charge in [0.1, 0.15) is 0 Å². The monoisotopic (exact) mass is 323 g/mol. The number of amides is 2. The van der Waals surface area contributed by atoms with Crippen molar-refractivity contribution in [3.8, 4) is 0 Å². The summed E-state index contributed by atoms with van der Waals surface area (Å²) in [5.41, 5.74) is 0. The molecule has 0 aromatic rings. The van der Waals surface area contributed by atoms with E-state index in [0.717, 1.165) is 19.4 Å². The van der Waals surface area contributed by atoms with Gasteiger partial charge in [0.15, 0.2) is 0 Å². The average molecular weight is 323 g/mol. The Morgan fingerprint density at radius 1 is 1.35 bits per heavy atom. The van der Waals surface area contributed by atoms with Crippen LogP contribution in [0, 0.1) is 11.8 Å². The van der Waals surface area contributed by atoms with Gasteiger partial charge in [-0.25, -0.2) is 0 Å². The number of carboxylic acid groups (broad SMARTS) is 1. The number of carboxylic acids is 1. The molecule has 3 rings (SSSR count). The van der Waals surface area contributed by atoms with Crippen molar-refractivity contribution in [3.05, 3.63) is 0 Å². The first-order chi connectivity index (χ1) is 10.9. The van der Waals surface area contributed by atoms with E-state index in [2.05, 4.69) is 10.2 Å². The molecular formula is C16H25N3O4. The van der Waals surface area contributed by atoms with Crippen LogP contribution in [-0.4, -0.2) is 71.5 Å². The fourth-order valence-electron chi connectivity index (χ4n) is 3.51. The lowest BCUT2D eigenvalue weighted by Gasteiger charge is -2.43. The summed E-state index contributed by atoms with van der Waals surface area (Å²) in [6, 6.07) is 0.369. The molecule has 1 aliphatic heterocycles. The number of likely N-dealkylation sites (tertiary alicyclic amines) is 1. The number of nitrogens with zero attached hydrogens (tertiary/aromatic N) is 2. The summed E-state index contributed by atoms with van der Waals surface area (Å²) in [7, 11) is 1.72. The van der Waals surface area contributed by atoms with Crippen LogP contribution in [0.25, 0.3) is 0 Å². The van der Waals surface area contributed by atoms with Crippen LogP contribution < -0.4 is 5.32 Å². The number of carbonyl (C=O) groups excluding carboxylic acids is 2. The maximum absolute atomic E-state index is 12.2. The first-order valence-corrected chi connectivity index (χ1v) is 8.42. The zero-order valence-corrected chi connectivity index (χ0v) is 13.5. The molecule has 1 saturated heterocycles. The van der Waals surface area contributed by atoms with Crippen LogP contribution >= 0.6 is 0 Å². The Morgan fingerprint density at radius 3 is 2.57 bits per heavy atom. The van der Waals surface area contributed by atoms with Crippen LogP contribution in [0.5, 0.6) is 0 Å². The first kappa shape index (κ1) is 16.2. The fourth-order valence-corrected chi connectivity index (χ4v) is 3.51. The van der Waals surface area contributed by atoms with Gasteiger partial charge in [0.25, 0.3) is 0 Å². The molecule has 2 aliphatic carbocycles. The molecule has 0 aromatic heterocycles. The summed E-state index contributed by atoms with van der Waals surface area (Å²) in [6.07, 6.45) is 4.31. The van der Waals surface area contributed by atoms with Gasteiger partial charge < -0.3 is 15.3 Å². The second kappa shape index (κ2) is 6.47. The summed E-state index contributed by atoms with van der Waals surface area (Å²) < 4.78 is 0. The first-order valence-electron chi connectivity index (χ1n) is 8.42. The number of nitrogens with one attached hydrogen (secondary N) is 1. The average Bonchev–Trinajstić information content (AvgIpc) is 3.17. The highest BCUT2D eigenvalue weighted by Crippen LogP contribution is 2.34. The minimum atomic E-state index is -0.786. The van der Waals surface area contributed by atoms with Gasteiger partial charge in [0.05, 0.1) is 12.5 Å². The highest BCUT2D eigenvalue weighted by Gasteiger charge is 2.39. The molecule has 23 heavy (non-hydrogen) atoms. The molecule has 1 unspecified atom stereocenters. The fraction of sp³-hybridized carbons (Fsp3) is 0.812. The van der Waals surface area contributed by atoms with Crippen LogP contribution in [0.1, 0.15) is 32.1 Å². The van der Waals surface area contributed by atoms with Crippen LogP contribution in [0.2, 0.25) is 0 Å². The second-order valence-corrected chi connectivity index (χ2v) is 7.27. The van der Waals surface area contributed by atoms with Gasteiger partial charge in [-0.2, -0.15) is 0 Å². The summed E-state index contributed by atoms with van der Waals surface area (Å²) in [6.45, 7) is 1.44. The molecule has 2 amide bonds. The third-order valence-electron chi connectivity index (χ3n) is 5.22. The minimum absolute atomic E-state index is 0.0219. The maximum atomic E-state index is 12.2. The molecule has 7 nitrogen and oxygen atoms in total. The zero-order valence-electron chi connectivity index (χ0n) is 13.5. The molecule has 3 aliphatic rings. The number of hydrogen-bond donors (Lipinski definition) is 2. The van der Waals surface area contributed by atoms with Crippen molar-refractivity contribution in [2.45, 2.75) is 44.2 Å². The summed E-state index contributed by atoms with van der Waals surface area (Å²) in [5.74, 6) is -0.395. The molecule has 2 saturated carbocycles. The molecule has 1 heterocycles. The standard InChI is InChI=1S/C16H25N3O4/c1-18-8-11(4-14(18)20)16(23)17-12-5-13(6-12)19(9-15(21)22)7-10-2-3-10/h10-13H,2-9H2,1H3,(H,17,23)(H,21,22). The van der Waals surface area contributed by atoms with E-state index >= 15 is 0 Å². The number of aliphatic carboxylic acids is 1. The Balaban J connectivity index is 1.43. The third kappa shape index (κ3) is 4.02. The van der Waals surface area contributed by atoms with Crippen molar-refractivity contribution in [3.63, 3.8) is 0 Å². The molecule has 7 heteroatoms. The van der Waals surface area contributed by atoms with Gasteiger partial charge in [0.2, 0.25) is 11.8 Å². The predicted octanol–water partition coefficient (Wildman–Crippen LogP) is -0.0915. The lowest BCUT2D eigenvalue weighted by atomic mass is 9.84. The smallest absolute Gasteiger partial charge is 0.317 e. The molecule has 1 atom stereocenters. The number of carbonyl (C=O) groups is 3. The van der Waals surface area contributed by atoms with E-state index in [1.165, 1.54) is 12.8 Å². The molecule has 0 bridgehead atoms. The third-order valence-corrected chi connectivity index (χ3v) is 5.22. The van der Waals surface area contributed by atoms with Gasteiger partial charge in [-0.3, -0.25) is 19.3 Å². The van der Waals surface area contributed by atoms with E-state index in [-0.39, 0.29) is 36.4 Å². The van der Waals surface area contributed by atoms with Crippen molar-refractivity contribution in [2.75, 3.05) is 26.7 Å². The highest BCUT2D eigenvalue weighted by molar-refractivity contribution is 5.89. The van der Waals surface area contributed by atoms with Crippen molar-refractivity contribution in [1.82, 2.24) is 15.1 Å². The van der Waals surface area contributed by atoms with Gasteiger partial charge in [-0.1, -0.05) is 0 Å². The maximum Gasteiger partial charge on any atom is 0.317 e. The Bertz CT molecular complexity index is 500. The lowest BCUT2D eigenvalue weighted by molar-refractivity contribution is -0.140. The van der Waals surface area contributed by atoms with Crippen LogP contribution in [0.4, 0.5) is 0 Å². The van der Waals surface area contributed by atoms with E-state index < -0.39 is 5.97 Å². The van der Waals surface area contributed by atoms with E-state index in [0.29, 0.717) is 18.9 Å². The van der Waals surface area contributed by atoms with E-state index in [4.69, 9.17) is 5.11 Å².